The third kappa shape index (κ3) is 4.15. The Morgan fingerprint density at radius 2 is 1.96 bits per heavy atom. The van der Waals surface area contributed by atoms with E-state index < -0.39 is 0 Å². The van der Waals surface area contributed by atoms with Crippen molar-refractivity contribution in [3.05, 3.63) is 70.5 Å². The molecule has 0 unspecified atom stereocenters. The van der Waals surface area contributed by atoms with Crippen LogP contribution in [0.1, 0.15) is 11.3 Å². The van der Waals surface area contributed by atoms with Gasteiger partial charge in [0.1, 0.15) is 5.01 Å². The van der Waals surface area contributed by atoms with Gasteiger partial charge in [0.25, 0.3) is 0 Å². The minimum absolute atomic E-state index is 0.0576. The molecular weight excluding hydrogens is 330 g/mol. The van der Waals surface area contributed by atoms with Crippen LogP contribution in [0.4, 0.5) is 0 Å². The molecule has 4 nitrogen and oxygen atoms in total. The van der Waals surface area contributed by atoms with Crippen LogP contribution in [0.25, 0.3) is 10.6 Å². The van der Waals surface area contributed by atoms with Gasteiger partial charge in [-0.15, -0.1) is 11.3 Å². The van der Waals surface area contributed by atoms with Crippen LogP contribution >= 0.6 is 22.9 Å². The second-order valence-corrected chi connectivity index (χ2v) is 6.20. The maximum absolute atomic E-state index is 12.0. The summed E-state index contributed by atoms with van der Waals surface area (Å²) in [4.78, 5) is 20.5. The Hall–Kier alpha value is -2.24. The summed E-state index contributed by atoms with van der Waals surface area (Å²) in [6.07, 6.45) is 3.67. The molecule has 0 radical (unpaired) electrons. The molecule has 6 heteroatoms. The topological polar surface area (TPSA) is 54.9 Å². The molecule has 0 atom stereocenters. The average Bonchev–Trinajstić information content (AvgIpc) is 3.02. The van der Waals surface area contributed by atoms with Gasteiger partial charge in [-0.05, 0) is 23.8 Å². The first-order valence-corrected chi connectivity index (χ1v) is 8.33. The van der Waals surface area contributed by atoms with Crippen molar-refractivity contribution in [3.8, 4) is 10.6 Å². The van der Waals surface area contributed by atoms with Crippen LogP contribution < -0.4 is 5.32 Å². The minimum atomic E-state index is -0.0576. The molecule has 3 rings (SSSR count). The lowest BCUT2D eigenvalue weighted by molar-refractivity contribution is -0.120. The first kappa shape index (κ1) is 15.6. The zero-order valence-electron chi connectivity index (χ0n) is 12.2. The summed E-state index contributed by atoms with van der Waals surface area (Å²) >= 11 is 7.66. The number of amides is 1. The number of rotatable bonds is 5. The fraction of sp³-hybridized carbons (Fsp3) is 0.118. The zero-order valence-corrected chi connectivity index (χ0v) is 13.8. The highest BCUT2D eigenvalue weighted by atomic mass is 35.5. The zero-order chi connectivity index (χ0) is 16.1. The van der Waals surface area contributed by atoms with Gasteiger partial charge in [-0.25, -0.2) is 4.98 Å². The Morgan fingerprint density at radius 3 is 2.74 bits per heavy atom. The van der Waals surface area contributed by atoms with Crippen molar-refractivity contribution in [3.63, 3.8) is 0 Å². The van der Waals surface area contributed by atoms with Gasteiger partial charge in [0, 0.05) is 29.9 Å². The van der Waals surface area contributed by atoms with E-state index in [4.69, 9.17) is 11.6 Å². The highest BCUT2D eigenvalue weighted by molar-refractivity contribution is 7.13. The third-order valence-corrected chi connectivity index (χ3v) is 4.49. The van der Waals surface area contributed by atoms with E-state index in [0.29, 0.717) is 11.6 Å². The Labute approximate surface area is 143 Å². The molecule has 0 spiro atoms. The van der Waals surface area contributed by atoms with Crippen LogP contribution in [-0.2, 0) is 17.8 Å². The van der Waals surface area contributed by atoms with Gasteiger partial charge in [-0.3, -0.25) is 9.78 Å². The van der Waals surface area contributed by atoms with Crippen molar-refractivity contribution in [2.45, 2.75) is 13.0 Å². The summed E-state index contributed by atoms with van der Waals surface area (Å²) < 4.78 is 0. The lowest BCUT2D eigenvalue weighted by atomic mass is 10.2. The van der Waals surface area contributed by atoms with E-state index in [-0.39, 0.29) is 12.3 Å². The first-order valence-electron chi connectivity index (χ1n) is 7.07. The number of halogens is 1. The number of thiazole rings is 1. The predicted molar refractivity (Wildman–Crippen MR) is 92.3 cm³/mol. The largest absolute Gasteiger partial charge is 0.352 e. The quantitative estimate of drug-likeness (QED) is 0.768. The second-order valence-electron chi connectivity index (χ2n) is 4.93. The normalized spacial score (nSPS) is 10.5. The molecule has 1 amide bonds. The van der Waals surface area contributed by atoms with E-state index in [1.54, 1.807) is 12.4 Å². The van der Waals surface area contributed by atoms with Gasteiger partial charge in [-0.1, -0.05) is 29.8 Å². The Balaban J connectivity index is 1.61. The van der Waals surface area contributed by atoms with Gasteiger partial charge in [0.2, 0.25) is 5.91 Å². The number of nitrogens with zero attached hydrogens (tertiary/aromatic N) is 2. The summed E-state index contributed by atoms with van der Waals surface area (Å²) in [5.41, 5.74) is 2.66. The van der Waals surface area contributed by atoms with Gasteiger partial charge >= 0.3 is 0 Å². The first-order chi connectivity index (χ1) is 11.2. The predicted octanol–water partition coefficient (Wildman–Crippen LogP) is 3.72. The van der Waals surface area contributed by atoms with Crippen LogP contribution in [0, 0.1) is 0 Å². The maximum atomic E-state index is 12.0. The number of carbonyl (C=O) groups is 1. The molecule has 1 aromatic carbocycles. The molecule has 0 aliphatic rings. The molecular formula is C17H14ClN3OS. The molecule has 0 fully saturated rings. The Kier molecular flexibility index (Phi) is 5.00. The van der Waals surface area contributed by atoms with Crippen molar-refractivity contribution in [2.75, 3.05) is 0 Å². The van der Waals surface area contributed by atoms with Gasteiger partial charge in [0.15, 0.2) is 0 Å². The van der Waals surface area contributed by atoms with Crippen LogP contribution in [0.5, 0.6) is 0 Å². The number of pyridine rings is 1. The van der Waals surface area contributed by atoms with E-state index >= 15 is 0 Å². The summed E-state index contributed by atoms with van der Waals surface area (Å²) in [6.45, 7) is 0.489. The molecule has 0 saturated carbocycles. The van der Waals surface area contributed by atoms with Crippen LogP contribution in [0.3, 0.4) is 0 Å². The summed E-state index contributed by atoms with van der Waals surface area (Å²) in [5, 5.41) is 6.26. The van der Waals surface area contributed by atoms with Gasteiger partial charge in [0.05, 0.1) is 17.1 Å². The fourth-order valence-electron chi connectivity index (χ4n) is 2.07. The summed E-state index contributed by atoms with van der Waals surface area (Å²) in [7, 11) is 0. The van der Waals surface area contributed by atoms with E-state index in [0.717, 1.165) is 21.8 Å². The number of aromatic nitrogens is 2. The molecule has 116 valence electrons. The van der Waals surface area contributed by atoms with E-state index in [1.807, 2.05) is 41.8 Å². The highest BCUT2D eigenvalue weighted by Crippen LogP contribution is 2.30. The Bertz CT molecular complexity index is 804. The maximum Gasteiger partial charge on any atom is 0.226 e. The number of carbonyl (C=O) groups excluding carboxylic acids is 1. The van der Waals surface area contributed by atoms with Crippen molar-refractivity contribution in [2.24, 2.45) is 0 Å². The van der Waals surface area contributed by atoms with Crippen LogP contribution in [-0.4, -0.2) is 15.9 Å². The number of hydrogen-bond acceptors (Lipinski definition) is 4. The van der Waals surface area contributed by atoms with Crippen LogP contribution in [0.15, 0.2) is 54.2 Å². The third-order valence-electron chi connectivity index (χ3n) is 3.24. The summed E-state index contributed by atoms with van der Waals surface area (Å²) in [6, 6.07) is 11.3. The molecule has 0 bridgehead atoms. The molecule has 0 aliphatic heterocycles. The molecule has 23 heavy (non-hydrogen) atoms. The van der Waals surface area contributed by atoms with Crippen molar-refractivity contribution < 1.29 is 4.79 Å². The number of nitrogens with one attached hydrogen (secondary N) is 1. The molecule has 2 heterocycles. The van der Waals surface area contributed by atoms with Crippen molar-refractivity contribution >= 4 is 28.8 Å². The van der Waals surface area contributed by atoms with Gasteiger partial charge in [-0.2, -0.15) is 0 Å². The fourth-order valence-corrected chi connectivity index (χ4v) is 3.21. The molecule has 3 aromatic rings. The standard InChI is InChI=1S/C17H14ClN3OS/c18-15-4-2-1-3-14(15)17-21-13(11-23-17)9-16(22)20-10-12-5-7-19-8-6-12/h1-8,11H,9-10H2,(H,20,22). The minimum Gasteiger partial charge on any atom is -0.352 e. The smallest absolute Gasteiger partial charge is 0.226 e. The summed E-state index contributed by atoms with van der Waals surface area (Å²) in [5.74, 6) is -0.0576. The van der Waals surface area contributed by atoms with Crippen molar-refractivity contribution in [1.82, 2.24) is 15.3 Å². The second kappa shape index (κ2) is 7.35. The van der Waals surface area contributed by atoms with Gasteiger partial charge < -0.3 is 5.32 Å². The number of hydrogen-bond donors (Lipinski definition) is 1. The Morgan fingerprint density at radius 1 is 1.17 bits per heavy atom. The highest BCUT2D eigenvalue weighted by Gasteiger charge is 2.10. The molecule has 0 saturated heterocycles. The average molecular weight is 344 g/mol. The SMILES string of the molecule is O=C(Cc1csc(-c2ccccc2Cl)n1)NCc1ccncc1. The molecule has 2 aromatic heterocycles. The van der Waals surface area contributed by atoms with E-state index in [9.17, 15) is 4.79 Å². The molecule has 0 aliphatic carbocycles. The van der Waals surface area contributed by atoms with Crippen LogP contribution in [0.2, 0.25) is 5.02 Å². The lowest BCUT2D eigenvalue weighted by Crippen LogP contribution is -2.24. The molecule has 1 N–H and O–H groups in total. The lowest BCUT2D eigenvalue weighted by Gasteiger charge is -2.03. The van der Waals surface area contributed by atoms with E-state index in [1.165, 1.54) is 11.3 Å². The van der Waals surface area contributed by atoms with Crippen molar-refractivity contribution in [1.29, 1.82) is 0 Å². The number of benzene rings is 1. The monoisotopic (exact) mass is 343 g/mol. The van der Waals surface area contributed by atoms with E-state index in [2.05, 4.69) is 15.3 Å².